The predicted octanol–water partition coefficient (Wildman–Crippen LogP) is 0.841. The zero-order chi connectivity index (χ0) is 6.81. The van der Waals surface area contributed by atoms with Crippen molar-refractivity contribution in [1.82, 2.24) is 0 Å². The molecule has 0 aromatic carbocycles. The fourth-order valence-electron chi connectivity index (χ4n) is 0.939. The average molecular weight is 137 g/mol. The van der Waals surface area contributed by atoms with Crippen LogP contribution in [-0.4, -0.2) is 18.9 Å². The van der Waals surface area contributed by atoms with Crippen LogP contribution in [-0.2, 0) is 9.47 Å². The van der Waals surface area contributed by atoms with E-state index in [4.69, 9.17) is 9.47 Å². The molecule has 0 aliphatic carbocycles. The van der Waals surface area contributed by atoms with Crippen LogP contribution in [0.2, 0.25) is 0 Å². The lowest BCUT2D eigenvalue weighted by atomic mass is 10.2. The number of nitrogens with zero attached hydrogens (tertiary/aromatic N) is 1. The third-order valence-electron chi connectivity index (χ3n) is 1.44. The molecular weight excluding hydrogens is 130 g/mol. The Bertz CT molecular complexity index is 218. The van der Waals surface area contributed by atoms with Gasteiger partial charge in [-0.25, -0.2) is 0 Å². The van der Waals surface area contributed by atoms with E-state index in [0.717, 1.165) is 5.76 Å². The van der Waals surface area contributed by atoms with Gasteiger partial charge in [-0.05, 0) is 6.08 Å². The number of allylic oxidation sites excluding steroid dienone is 1. The molecule has 2 aliphatic heterocycles. The Labute approximate surface area is 58.7 Å². The van der Waals surface area contributed by atoms with Crippen molar-refractivity contribution in [1.29, 1.82) is 0 Å². The summed E-state index contributed by atoms with van der Waals surface area (Å²) in [5, 5.41) is 0. The smallest absolute Gasteiger partial charge is 0.175 e. The molecule has 0 amide bonds. The Morgan fingerprint density at radius 1 is 1.50 bits per heavy atom. The zero-order valence-corrected chi connectivity index (χ0v) is 5.36. The van der Waals surface area contributed by atoms with Gasteiger partial charge in [0.15, 0.2) is 6.10 Å². The van der Waals surface area contributed by atoms with Gasteiger partial charge in [-0.15, -0.1) is 0 Å². The molecule has 2 heterocycles. The maximum Gasteiger partial charge on any atom is 0.175 e. The molecule has 2 rings (SSSR count). The van der Waals surface area contributed by atoms with E-state index in [-0.39, 0.29) is 6.10 Å². The standard InChI is InChI=1S/C7H7NO2/c1-2-8-5-7-6(1)9-3-4-10-7/h1-4,7H,5H2. The first-order valence-corrected chi connectivity index (χ1v) is 3.14. The van der Waals surface area contributed by atoms with Gasteiger partial charge in [0.1, 0.15) is 18.3 Å². The highest BCUT2D eigenvalue weighted by molar-refractivity contribution is 5.73. The minimum Gasteiger partial charge on any atom is -0.485 e. The lowest BCUT2D eigenvalue weighted by molar-refractivity contribution is 0.0921. The van der Waals surface area contributed by atoms with Gasteiger partial charge < -0.3 is 9.47 Å². The maximum atomic E-state index is 5.19. The van der Waals surface area contributed by atoms with Crippen molar-refractivity contribution in [3.63, 3.8) is 0 Å². The molecule has 0 saturated carbocycles. The number of hydrogen-bond acceptors (Lipinski definition) is 3. The number of aliphatic imine (C=N–C) groups is 1. The van der Waals surface area contributed by atoms with Gasteiger partial charge >= 0.3 is 0 Å². The molecule has 2 aliphatic rings. The Hall–Kier alpha value is -1.25. The molecular formula is C7H7NO2. The molecule has 1 atom stereocenters. The van der Waals surface area contributed by atoms with Crippen LogP contribution >= 0.6 is 0 Å². The van der Waals surface area contributed by atoms with Crippen molar-refractivity contribution >= 4 is 6.21 Å². The van der Waals surface area contributed by atoms with E-state index < -0.39 is 0 Å². The number of ether oxygens (including phenoxy) is 2. The van der Waals surface area contributed by atoms with Crippen LogP contribution in [0.1, 0.15) is 0 Å². The first-order valence-electron chi connectivity index (χ1n) is 3.14. The SMILES string of the molecule is C1=COC2CN=CC=C2O1. The first-order chi connectivity index (χ1) is 4.97. The van der Waals surface area contributed by atoms with E-state index >= 15 is 0 Å². The van der Waals surface area contributed by atoms with Gasteiger partial charge in [-0.1, -0.05) is 0 Å². The highest BCUT2D eigenvalue weighted by Crippen LogP contribution is 2.16. The minimum absolute atomic E-state index is 0.00926. The molecule has 0 spiro atoms. The second-order valence-corrected chi connectivity index (χ2v) is 2.10. The number of rotatable bonds is 0. The number of fused-ring (bicyclic) bond motifs is 1. The maximum absolute atomic E-state index is 5.19. The molecule has 0 fully saturated rings. The van der Waals surface area contributed by atoms with E-state index in [1.807, 2.05) is 6.08 Å². The van der Waals surface area contributed by atoms with Crippen molar-refractivity contribution in [3.8, 4) is 0 Å². The lowest BCUT2D eigenvalue weighted by Gasteiger charge is -2.22. The van der Waals surface area contributed by atoms with Gasteiger partial charge in [-0.2, -0.15) is 0 Å². The summed E-state index contributed by atoms with van der Waals surface area (Å²) in [6, 6.07) is 0. The molecule has 0 radical (unpaired) electrons. The van der Waals surface area contributed by atoms with Crippen molar-refractivity contribution in [2.24, 2.45) is 4.99 Å². The molecule has 0 saturated heterocycles. The second-order valence-electron chi connectivity index (χ2n) is 2.10. The summed E-state index contributed by atoms with van der Waals surface area (Å²) >= 11 is 0. The van der Waals surface area contributed by atoms with Crippen LogP contribution in [0.3, 0.4) is 0 Å². The molecule has 0 aromatic heterocycles. The fourth-order valence-corrected chi connectivity index (χ4v) is 0.939. The number of dihydropyridines is 1. The molecule has 3 heteroatoms. The van der Waals surface area contributed by atoms with E-state index in [2.05, 4.69) is 4.99 Å². The highest BCUT2D eigenvalue weighted by atomic mass is 16.6. The minimum atomic E-state index is 0.00926. The monoisotopic (exact) mass is 137 g/mol. The summed E-state index contributed by atoms with van der Waals surface area (Å²) in [4.78, 5) is 4.02. The lowest BCUT2D eigenvalue weighted by Crippen LogP contribution is -2.23. The Morgan fingerprint density at radius 3 is 3.40 bits per heavy atom. The van der Waals surface area contributed by atoms with Crippen LogP contribution in [0.4, 0.5) is 0 Å². The van der Waals surface area contributed by atoms with E-state index in [1.165, 1.54) is 6.26 Å². The van der Waals surface area contributed by atoms with Crippen LogP contribution in [0.5, 0.6) is 0 Å². The third kappa shape index (κ3) is 0.795. The first kappa shape index (κ1) is 5.53. The third-order valence-corrected chi connectivity index (χ3v) is 1.44. The topological polar surface area (TPSA) is 30.8 Å². The van der Waals surface area contributed by atoms with Gasteiger partial charge in [0.25, 0.3) is 0 Å². The molecule has 3 nitrogen and oxygen atoms in total. The van der Waals surface area contributed by atoms with Crippen molar-refractivity contribution < 1.29 is 9.47 Å². The summed E-state index contributed by atoms with van der Waals surface area (Å²) in [5.41, 5.74) is 0. The van der Waals surface area contributed by atoms with E-state index in [9.17, 15) is 0 Å². The van der Waals surface area contributed by atoms with Gasteiger partial charge in [-0.3, -0.25) is 4.99 Å². The van der Waals surface area contributed by atoms with Crippen molar-refractivity contribution in [2.75, 3.05) is 6.54 Å². The molecule has 0 N–H and O–H groups in total. The van der Waals surface area contributed by atoms with Crippen LogP contribution in [0.25, 0.3) is 0 Å². The Kier molecular flexibility index (Phi) is 1.20. The number of hydrogen-bond donors (Lipinski definition) is 0. The highest BCUT2D eigenvalue weighted by Gasteiger charge is 2.19. The van der Waals surface area contributed by atoms with E-state index in [1.54, 1.807) is 12.5 Å². The molecule has 0 bridgehead atoms. The summed E-state index contributed by atoms with van der Waals surface area (Å²) in [5.74, 6) is 0.845. The second kappa shape index (κ2) is 2.17. The van der Waals surface area contributed by atoms with Gasteiger partial charge in [0.05, 0.1) is 6.54 Å². The van der Waals surface area contributed by atoms with Gasteiger partial charge in [0.2, 0.25) is 0 Å². The van der Waals surface area contributed by atoms with E-state index in [0.29, 0.717) is 6.54 Å². The van der Waals surface area contributed by atoms with Crippen molar-refractivity contribution in [2.45, 2.75) is 6.10 Å². The van der Waals surface area contributed by atoms with Crippen LogP contribution in [0.15, 0.2) is 29.4 Å². The van der Waals surface area contributed by atoms with Gasteiger partial charge in [0, 0.05) is 6.21 Å². The Morgan fingerprint density at radius 2 is 2.50 bits per heavy atom. The summed E-state index contributed by atoms with van der Waals surface area (Å²) in [7, 11) is 0. The van der Waals surface area contributed by atoms with Crippen LogP contribution < -0.4 is 0 Å². The molecule has 1 unspecified atom stereocenters. The Balaban J connectivity index is 2.23. The average Bonchev–Trinajstić information content (AvgIpc) is 2.05. The van der Waals surface area contributed by atoms with Crippen molar-refractivity contribution in [3.05, 3.63) is 24.4 Å². The summed E-state index contributed by atoms with van der Waals surface area (Å²) in [6.07, 6.45) is 6.63. The normalized spacial score (nSPS) is 28.0. The fraction of sp³-hybridized carbons (Fsp3) is 0.286. The molecule has 10 heavy (non-hydrogen) atoms. The van der Waals surface area contributed by atoms with Crippen LogP contribution in [0, 0.1) is 0 Å². The zero-order valence-electron chi connectivity index (χ0n) is 5.36. The molecule has 52 valence electrons. The molecule has 0 aromatic rings. The largest absolute Gasteiger partial charge is 0.485 e. The summed E-state index contributed by atoms with van der Waals surface area (Å²) < 4.78 is 10.3. The quantitative estimate of drug-likeness (QED) is 0.495. The summed E-state index contributed by atoms with van der Waals surface area (Å²) in [6.45, 7) is 0.663. The predicted molar refractivity (Wildman–Crippen MR) is 36.5 cm³/mol.